The summed E-state index contributed by atoms with van der Waals surface area (Å²) in [5.41, 5.74) is 0.387. The van der Waals surface area contributed by atoms with Crippen molar-refractivity contribution in [1.82, 2.24) is 9.97 Å². The van der Waals surface area contributed by atoms with Gasteiger partial charge < -0.3 is 0 Å². The molecule has 2 atom stereocenters. The highest BCUT2D eigenvalue weighted by Gasteiger charge is 2.16. The largest absolute Gasteiger partial charge is 0.306 e. The number of nitrogens with zero attached hydrogens (tertiary/aromatic N) is 8. The van der Waals surface area contributed by atoms with Crippen LogP contribution >= 0.6 is 23.2 Å². The van der Waals surface area contributed by atoms with Crippen LogP contribution in [-0.2, 0) is 31.9 Å². The summed E-state index contributed by atoms with van der Waals surface area (Å²) >= 11 is 11.1. The van der Waals surface area contributed by atoms with E-state index in [1.165, 1.54) is 37.0 Å². The van der Waals surface area contributed by atoms with E-state index in [1.807, 2.05) is 0 Å². The maximum absolute atomic E-state index is 11.7. The van der Waals surface area contributed by atoms with E-state index >= 15 is 0 Å². The minimum Gasteiger partial charge on any atom is -0.258 e. The Labute approximate surface area is 200 Å². The molecule has 0 aliphatic carbocycles. The van der Waals surface area contributed by atoms with Gasteiger partial charge in [-0.05, 0) is 17.4 Å². The van der Waals surface area contributed by atoms with Crippen molar-refractivity contribution in [3.05, 3.63) is 66.2 Å². The van der Waals surface area contributed by atoms with Gasteiger partial charge in [-0.1, -0.05) is 33.9 Å². The molecule has 17 heteroatoms. The summed E-state index contributed by atoms with van der Waals surface area (Å²) in [4.78, 5) is 27.3. The van der Waals surface area contributed by atoms with E-state index in [-0.39, 0.29) is 27.4 Å². The zero-order valence-electron chi connectivity index (χ0n) is 16.9. The number of hydrogen-bond acceptors (Lipinski definition) is 11. The SMILES string of the molecule is CS(=O)(Cc1cnc(Cl)c([N+](=O)[O-])c1)=NC#N.CS(Cc1cnc(Cl)c([N+](=O)[O-])c1)=NC#N. The molecule has 2 aromatic heterocycles. The van der Waals surface area contributed by atoms with Gasteiger partial charge in [-0.3, -0.25) is 20.2 Å². The van der Waals surface area contributed by atoms with Gasteiger partial charge in [-0.15, -0.1) is 4.36 Å². The van der Waals surface area contributed by atoms with Gasteiger partial charge in [0.05, 0.1) is 25.3 Å². The van der Waals surface area contributed by atoms with E-state index in [0.717, 1.165) is 0 Å². The Morgan fingerprint density at radius 2 is 1.55 bits per heavy atom. The Hall–Kier alpha value is -3.24. The molecule has 0 fully saturated rings. The summed E-state index contributed by atoms with van der Waals surface area (Å²) in [6, 6.07) is 2.52. The van der Waals surface area contributed by atoms with Crippen molar-refractivity contribution in [2.45, 2.75) is 11.5 Å². The number of halogens is 2. The number of rotatable bonds is 6. The lowest BCUT2D eigenvalue weighted by atomic mass is 10.3. The molecule has 0 aromatic carbocycles. The molecule has 13 nitrogen and oxygen atoms in total. The fraction of sp³-hybridized carbons (Fsp3) is 0.250. The number of pyridine rings is 2. The molecule has 2 heterocycles. The van der Waals surface area contributed by atoms with Crippen molar-refractivity contribution in [3.8, 4) is 12.4 Å². The van der Waals surface area contributed by atoms with Gasteiger partial charge in [-0.25, -0.2) is 14.2 Å². The van der Waals surface area contributed by atoms with Crippen molar-refractivity contribution >= 4 is 55.0 Å². The zero-order chi connectivity index (χ0) is 25.2. The molecule has 0 aliphatic rings. The summed E-state index contributed by atoms with van der Waals surface area (Å²) in [5, 5.41) is 37.5. The van der Waals surface area contributed by atoms with Gasteiger partial charge in [0.1, 0.15) is 0 Å². The van der Waals surface area contributed by atoms with E-state index in [9.17, 15) is 24.4 Å². The molecule has 0 N–H and O–H groups in total. The molecule has 0 aliphatic heterocycles. The first kappa shape index (κ1) is 27.8. The average molecular weight is 533 g/mol. The molecule has 174 valence electrons. The summed E-state index contributed by atoms with van der Waals surface area (Å²) in [6.45, 7) is 0. The average Bonchev–Trinajstić information content (AvgIpc) is 2.71. The predicted molar refractivity (Wildman–Crippen MR) is 123 cm³/mol. The van der Waals surface area contributed by atoms with Gasteiger partial charge in [-0.2, -0.15) is 14.9 Å². The zero-order valence-corrected chi connectivity index (χ0v) is 20.1. The summed E-state index contributed by atoms with van der Waals surface area (Å²) < 4.78 is 18.6. The Morgan fingerprint density at radius 1 is 1.06 bits per heavy atom. The van der Waals surface area contributed by atoms with Crippen LogP contribution in [0.15, 0.2) is 33.3 Å². The highest BCUT2D eigenvalue weighted by molar-refractivity contribution is 7.92. The molecule has 33 heavy (non-hydrogen) atoms. The number of aromatic nitrogens is 2. The first-order valence-corrected chi connectivity index (χ1v) is 12.9. The summed E-state index contributed by atoms with van der Waals surface area (Å²) in [6.07, 6.45) is 8.91. The molecule has 0 bridgehead atoms. The van der Waals surface area contributed by atoms with Crippen molar-refractivity contribution in [1.29, 1.82) is 10.5 Å². The lowest BCUT2D eigenvalue weighted by molar-refractivity contribution is -0.385. The molecule has 0 spiro atoms. The monoisotopic (exact) mass is 532 g/mol. The van der Waals surface area contributed by atoms with Crippen molar-refractivity contribution in [2.75, 3.05) is 12.5 Å². The second-order valence-corrected chi connectivity index (χ2v) is 10.8. The molecule has 0 amide bonds. The molecule has 0 saturated carbocycles. The normalized spacial score (nSPS) is 12.8. The maximum atomic E-state index is 11.7. The van der Waals surface area contributed by atoms with Gasteiger partial charge >= 0.3 is 11.4 Å². The Bertz CT molecular complexity index is 1310. The summed E-state index contributed by atoms with van der Waals surface area (Å²) in [7, 11) is -3.22. The number of hydrogen-bond donors (Lipinski definition) is 0. The molecule has 2 unspecified atom stereocenters. The quantitative estimate of drug-likeness (QED) is 0.229. The van der Waals surface area contributed by atoms with Crippen LogP contribution < -0.4 is 0 Å². The van der Waals surface area contributed by atoms with Crippen molar-refractivity contribution in [2.24, 2.45) is 8.73 Å². The second-order valence-electron chi connectivity index (χ2n) is 6.05. The molecule has 0 radical (unpaired) electrons. The minimum atomic E-state index is -2.73. The van der Waals surface area contributed by atoms with Crippen LogP contribution in [0.3, 0.4) is 0 Å². The van der Waals surface area contributed by atoms with Crippen LogP contribution in [0.4, 0.5) is 11.4 Å². The summed E-state index contributed by atoms with van der Waals surface area (Å²) in [5.74, 6) is 0.351. The van der Waals surface area contributed by atoms with Gasteiger partial charge in [0.25, 0.3) is 0 Å². The van der Waals surface area contributed by atoms with E-state index in [1.54, 1.807) is 12.4 Å². The topological polar surface area (TPSA) is 201 Å². The van der Waals surface area contributed by atoms with Gasteiger partial charge in [0.2, 0.25) is 22.7 Å². The highest BCUT2D eigenvalue weighted by Crippen LogP contribution is 2.24. The third-order valence-electron chi connectivity index (χ3n) is 3.39. The Kier molecular flexibility index (Phi) is 10.7. The molecule has 2 rings (SSSR count). The van der Waals surface area contributed by atoms with Crippen LogP contribution in [0.1, 0.15) is 11.1 Å². The number of nitro groups is 2. The predicted octanol–water partition coefficient (Wildman–Crippen LogP) is 3.78. The van der Waals surface area contributed by atoms with Crippen molar-refractivity contribution < 1.29 is 14.1 Å². The van der Waals surface area contributed by atoms with Crippen LogP contribution in [0.5, 0.6) is 0 Å². The Balaban J connectivity index is 0.000000331. The standard InChI is InChI=1S/C8H7ClN4O3S.C8H7ClN4O2S/c1-17(16,12-5-10)4-6-2-7(13(14)15)8(9)11-3-6;1-16(12-5-10)4-6-2-7(13(14)15)8(9)11-3-6/h2-3H,4H2,1H3;2-3H,4H2,1H3. The van der Waals surface area contributed by atoms with Crippen LogP contribution in [0, 0.1) is 43.1 Å². The van der Waals surface area contributed by atoms with Crippen LogP contribution in [0.25, 0.3) is 0 Å². The third-order valence-corrected chi connectivity index (χ3v) is 6.45. The second kappa shape index (κ2) is 12.7. The first-order chi connectivity index (χ1) is 15.4. The van der Waals surface area contributed by atoms with Crippen molar-refractivity contribution in [3.63, 3.8) is 0 Å². The smallest absolute Gasteiger partial charge is 0.258 e. The maximum Gasteiger partial charge on any atom is 0.306 e. The van der Waals surface area contributed by atoms with E-state index < -0.39 is 30.3 Å². The fourth-order valence-corrected chi connectivity index (χ4v) is 4.34. The van der Waals surface area contributed by atoms with Gasteiger partial charge in [0.15, 0.2) is 0 Å². The third kappa shape index (κ3) is 9.42. The van der Waals surface area contributed by atoms with Gasteiger partial charge in [0, 0.05) is 36.5 Å². The lowest BCUT2D eigenvalue weighted by Crippen LogP contribution is -2.02. The number of nitriles is 2. The van der Waals surface area contributed by atoms with Crippen LogP contribution in [-0.4, -0.2) is 36.5 Å². The molecular weight excluding hydrogens is 519 g/mol. The lowest BCUT2D eigenvalue weighted by Gasteiger charge is -2.02. The van der Waals surface area contributed by atoms with Crippen LogP contribution in [0.2, 0.25) is 10.3 Å². The highest BCUT2D eigenvalue weighted by atomic mass is 35.5. The molecular formula is C16H14Cl2N8O5S2. The van der Waals surface area contributed by atoms with E-state index in [4.69, 9.17) is 33.7 Å². The first-order valence-electron chi connectivity index (χ1n) is 8.28. The molecule has 0 saturated heterocycles. The molecule has 2 aromatic rings. The fourth-order valence-electron chi connectivity index (χ4n) is 2.14. The minimum absolute atomic E-state index is 0.0917. The van der Waals surface area contributed by atoms with E-state index in [2.05, 4.69) is 18.7 Å². The van der Waals surface area contributed by atoms with E-state index in [0.29, 0.717) is 16.9 Å². The Morgan fingerprint density at radius 3 is 2.00 bits per heavy atom.